The van der Waals surface area contributed by atoms with Gasteiger partial charge in [0.2, 0.25) is 0 Å². The lowest BCUT2D eigenvalue weighted by atomic mass is 10.2. The molecule has 0 aliphatic rings. The smallest absolute Gasteiger partial charge is 0.0197 e. The van der Waals surface area contributed by atoms with Gasteiger partial charge in [0.05, 0.1) is 0 Å². The Hall–Kier alpha value is -0.300. The fourth-order valence-electron chi connectivity index (χ4n) is 0.567. The van der Waals surface area contributed by atoms with Gasteiger partial charge in [0.25, 0.3) is 0 Å². The van der Waals surface area contributed by atoms with E-state index in [0.29, 0.717) is 0 Å². The summed E-state index contributed by atoms with van der Waals surface area (Å²) in [5.74, 6) is 0. The zero-order valence-corrected chi connectivity index (χ0v) is 5.94. The molecule has 1 nitrogen and oxygen atoms in total. The van der Waals surface area contributed by atoms with E-state index in [0.717, 1.165) is 6.42 Å². The van der Waals surface area contributed by atoms with Crippen molar-refractivity contribution in [1.29, 1.82) is 0 Å². The van der Waals surface area contributed by atoms with Crippen LogP contribution in [0.4, 0.5) is 0 Å². The summed E-state index contributed by atoms with van der Waals surface area (Å²) >= 11 is 0. The van der Waals surface area contributed by atoms with Crippen LogP contribution in [0.5, 0.6) is 0 Å². The van der Waals surface area contributed by atoms with Crippen LogP contribution in [0.2, 0.25) is 0 Å². The first kappa shape index (κ1) is 7.70. The summed E-state index contributed by atoms with van der Waals surface area (Å²) in [5.41, 5.74) is 6.87. The summed E-state index contributed by atoms with van der Waals surface area (Å²) < 4.78 is 0. The van der Waals surface area contributed by atoms with Crippen molar-refractivity contribution in [1.82, 2.24) is 0 Å². The second-order valence-electron chi connectivity index (χ2n) is 2.23. The van der Waals surface area contributed by atoms with Gasteiger partial charge in [-0.15, -0.1) is 0 Å². The van der Waals surface area contributed by atoms with Crippen LogP contribution in [-0.2, 0) is 0 Å². The molecule has 48 valence electrons. The third kappa shape index (κ3) is 3.88. The Labute approximate surface area is 51.6 Å². The second kappa shape index (κ2) is 3.67. The van der Waals surface area contributed by atoms with Gasteiger partial charge >= 0.3 is 0 Å². The highest BCUT2D eigenvalue weighted by Gasteiger charge is 1.86. The molecular weight excluding hydrogens is 98.1 g/mol. The molecule has 0 spiro atoms. The van der Waals surface area contributed by atoms with Crippen molar-refractivity contribution in [2.24, 2.45) is 5.73 Å². The van der Waals surface area contributed by atoms with E-state index in [9.17, 15) is 0 Å². The van der Waals surface area contributed by atoms with E-state index in [1.807, 2.05) is 6.92 Å². The average molecular weight is 113 g/mol. The van der Waals surface area contributed by atoms with Crippen molar-refractivity contribution >= 4 is 0 Å². The van der Waals surface area contributed by atoms with Gasteiger partial charge in [0, 0.05) is 6.04 Å². The van der Waals surface area contributed by atoms with Gasteiger partial charge in [-0.25, -0.2) is 0 Å². The molecule has 0 rings (SSSR count). The van der Waals surface area contributed by atoms with Crippen LogP contribution in [-0.4, -0.2) is 6.04 Å². The Bertz CT molecular complexity index is 82.4. The molecule has 2 N–H and O–H groups in total. The van der Waals surface area contributed by atoms with Gasteiger partial charge < -0.3 is 5.73 Å². The summed E-state index contributed by atoms with van der Waals surface area (Å²) in [5, 5.41) is 0. The fraction of sp³-hybridized carbons (Fsp3) is 0.714. The number of rotatable bonds is 2. The predicted molar refractivity (Wildman–Crippen MR) is 37.7 cm³/mol. The summed E-state index contributed by atoms with van der Waals surface area (Å²) in [6, 6.07) is 0.218. The first-order valence-corrected chi connectivity index (χ1v) is 3.09. The number of hydrogen-bond acceptors (Lipinski definition) is 1. The highest BCUT2D eigenvalue weighted by atomic mass is 14.6. The lowest BCUT2D eigenvalue weighted by Gasteiger charge is -1.97. The molecule has 0 aliphatic carbocycles. The quantitative estimate of drug-likeness (QED) is 0.542. The highest BCUT2D eigenvalue weighted by Crippen LogP contribution is 1.97. The molecule has 0 radical (unpaired) electrons. The molecule has 0 aromatic rings. The van der Waals surface area contributed by atoms with Crippen molar-refractivity contribution < 1.29 is 0 Å². The lowest BCUT2D eigenvalue weighted by molar-refractivity contribution is 0.899. The molecule has 0 heterocycles. The summed E-state index contributed by atoms with van der Waals surface area (Å²) in [6.45, 7) is 6.22. The Morgan fingerprint density at radius 1 is 1.75 bits per heavy atom. The Morgan fingerprint density at radius 2 is 2.25 bits per heavy atom. The SMILES string of the molecule is CCC(C)=CC(C)N. The van der Waals surface area contributed by atoms with Crippen LogP contribution in [0, 0.1) is 0 Å². The van der Waals surface area contributed by atoms with E-state index in [1.165, 1.54) is 5.57 Å². The van der Waals surface area contributed by atoms with Crippen molar-refractivity contribution in [2.45, 2.75) is 33.2 Å². The zero-order chi connectivity index (χ0) is 6.57. The van der Waals surface area contributed by atoms with Crippen molar-refractivity contribution in [2.75, 3.05) is 0 Å². The van der Waals surface area contributed by atoms with E-state index in [2.05, 4.69) is 19.9 Å². The van der Waals surface area contributed by atoms with Gasteiger partial charge in [-0.1, -0.05) is 18.6 Å². The molecule has 1 unspecified atom stereocenters. The number of hydrogen-bond donors (Lipinski definition) is 1. The van der Waals surface area contributed by atoms with Gasteiger partial charge in [-0.05, 0) is 20.3 Å². The number of nitrogens with two attached hydrogens (primary N) is 1. The predicted octanol–water partition coefficient (Wildman–Crippen LogP) is 1.69. The molecule has 8 heavy (non-hydrogen) atoms. The second-order valence-corrected chi connectivity index (χ2v) is 2.23. The normalized spacial score (nSPS) is 16.2. The Morgan fingerprint density at radius 3 is 2.38 bits per heavy atom. The molecule has 0 saturated heterocycles. The summed E-state index contributed by atoms with van der Waals surface area (Å²) in [4.78, 5) is 0. The van der Waals surface area contributed by atoms with Crippen LogP contribution in [0.1, 0.15) is 27.2 Å². The standard InChI is InChI=1S/C7H15N/c1-4-6(2)5-7(3)8/h5,7H,4,8H2,1-3H3. The Balaban J connectivity index is 3.56. The van der Waals surface area contributed by atoms with Gasteiger partial charge in [0.15, 0.2) is 0 Å². The number of allylic oxidation sites excluding steroid dienone is 1. The topological polar surface area (TPSA) is 26.0 Å². The molecule has 1 heteroatoms. The van der Waals surface area contributed by atoms with Crippen LogP contribution >= 0.6 is 0 Å². The molecule has 0 fully saturated rings. The van der Waals surface area contributed by atoms with Crippen molar-refractivity contribution in [3.05, 3.63) is 11.6 Å². The lowest BCUT2D eigenvalue weighted by Crippen LogP contribution is -2.10. The van der Waals surface area contributed by atoms with Crippen molar-refractivity contribution in [3.63, 3.8) is 0 Å². The van der Waals surface area contributed by atoms with Crippen LogP contribution < -0.4 is 5.73 Å². The molecule has 0 amide bonds. The van der Waals surface area contributed by atoms with Crippen LogP contribution in [0.25, 0.3) is 0 Å². The maximum absolute atomic E-state index is 5.49. The van der Waals surface area contributed by atoms with Crippen LogP contribution in [0.15, 0.2) is 11.6 Å². The molecule has 1 atom stereocenters. The van der Waals surface area contributed by atoms with E-state index in [4.69, 9.17) is 5.73 Å². The average Bonchev–Trinajstić information content (AvgIpc) is 1.65. The summed E-state index contributed by atoms with van der Waals surface area (Å²) in [7, 11) is 0. The summed E-state index contributed by atoms with van der Waals surface area (Å²) in [6.07, 6.45) is 3.20. The van der Waals surface area contributed by atoms with E-state index >= 15 is 0 Å². The highest BCUT2D eigenvalue weighted by molar-refractivity contribution is 5.00. The largest absolute Gasteiger partial charge is 0.325 e. The maximum atomic E-state index is 5.49. The molecule has 0 bridgehead atoms. The van der Waals surface area contributed by atoms with Gasteiger partial charge in [-0.3, -0.25) is 0 Å². The molecule has 0 saturated carbocycles. The third-order valence-corrected chi connectivity index (χ3v) is 1.11. The minimum absolute atomic E-state index is 0.218. The first-order valence-electron chi connectivity index (χ1n) is 3.09. The van der Waals surface area contributed by atoms with Gasteiger partial charge in [-0.2, -0.15) is 0 Å². The van der Waals surface area contributed by atoms with E-state index < -0.39 is 0 Å². The van der Waals surface area contributed by atoms with Crippen molar-refractivity contribution in [3.8, 4) is 0 Å². The first-order chi connectivity index (χ1) is 3.66. The minimum atomic E-state index is 0.218. The van der Waals surface area contributed by atoms with Gasteiger partial charge in [0.1, 0.15) is 0 Å². The molecule has 0 aromatic carbocycles. The third-order valence-electron chi connectivity index (χ3n) is 1.11. The van der Waals surface area contributed by atoms with E-state index in [-0.39, 0.29) is 6.04 Å². The van der Waals surface area contributed by atoms with E-state index in [1.54, 1.807) is 0 Å². The Kier molecular flexibility index (Phi) is 3.53. The molecular formula is C7H15N. The fourth-order valence-corrected chi connectivity index (χ4v) is 0.567. The van der Waals surface area contributed by atoms with Crippen LogP contribution in [0.3, 0.4) is 0 Å². The molecule has 0 aromatic heterocycles. The zero-order valence-electron chi connectivity index (χ0n) is 5.94. The maximum Gasteiger partial charge on any atom is 0.0197 e. The monoisotopic (exact) mass is 113 g/mol. The minimum Gasteiger partial charge on any atom is -0.325 e. The molecule has 0 aliphatic heterocycles.